The Kier molecular flexibility index (Phi) is 2.84. The summed E-state index contributed by atoms with van der Waals surface area (Å²) in [7, 11) is 0. The molecule has 0 radical (unpaired) electrons. The van der Waals surface area contributed by atoms with Crippen molar-refractivity contribution in [3.05, 3.63) is 18.7 Å². The zero-order chi connectivity index (χ0) is 8.97. The second-order valence-electron chi connectivity index (χ2n) is 1.88. The highest BCUT2D eigenvalue weighted by Gasteiger charge is 2.20. The molecule has 0 fully saturated rings. The van der Waals surface area contributed by atoms with Crippen molar-refractivity contribution in [2.75, 3.05) is 0 Å². The third-order valence-electron chi connectivity index (χ3n) is 0.984. The number of hydrogen-bond acceptors (Lipinski definition) is 3. The van der Waals surface area contributed by atoms with Gasteiger partial charge in [-0.2, -0.15) is 4.39 Å². The summed E-state index contributed by atoms with van der Waals surface area (Å²) in [5.41, 5.74) is 0. The summed E-state index contributed by atoms with van der Waals surface area (Å²) in [6, 6.07) is 0. The number of aromatic nitrogens is 2. The summed E-state index contributed by atoms with van der Waals surface area (Å²) in [6.07, 6.45) is -2.41. The second kappa shape index (κ2) is 3.89. The van der Waals surface area contributed by atoms with Crippen LogP contribution < -0.4 is 4.74 Å². The summed E-state index contributed by atoms with van der Waals surface area (Å²) in [6.45, 7) is 0. The molecule has 0 saturated heterocycles. The van der Waals surface area contributed by atoms with Crippen molar-refractivity contribution in [2.45, 2.75) is 12.8 Å². The predicted octanol–water partition coefficient (Wildman–Crippen LogP) is 1.42. The highest BCUT2D eigenvalue weighted by Crippen LogP contribution is 2.12. The first-order valence-corrected chi connectivity index (χ1v) is 3.04. The van der Waals surface area contributed by atoms with E-state index in [1.807, 2.05) is 0 Å². The zero-order valence-electron chi connectivity index (χ0n) is 5.82. The van der Waals surface area contributed by atoms with Crippen LogP contribution in [-0.2, 0) is 0 Å². The van der Waals surface area contributed by atoms with Gasteiger partial charge in [0.1, 0.15) is 6.33 Å². The Balaban J connectivity index is 2.53. The van der Waals surface area contributed by atoms with E-state index in [4.69, 9.17) is 0 Å². The molecular weight excluding hydrogens is 173 g/mol. The van der Waals surface area contributed by atoms with Crippen molar-refractivity contribution in [3.63, 3.8) is 0 Å². The topological polar surface area (TPSA) is 35.0 Å². The van der Waals surface area contributed by atoms with Crippen molar-refractivity contribution in [1.29, 1.82) is 0 Å². The molecule has 12 heavy (non-hydrogen) atoms. The number of halogens is 3. The molecule has 0 aliphatic heterocycles. The molecule has 0 amide bonds. The fraction of sp³-hybridized carbons (Fsp3) is 0.333. The van der Waals surface area contributed by atoms with Gasteiger partial charge in [0.15, 0.2) is 5.75 Å². The van der Waals surface area contributed by atoms with Gasteiger partial charge >= 0.3 is 6.43 Å². The molecule has 1 aromatic rings. The lowest BCUT2D eigenvalue weighted by atomic mass is 10.6. The molecule has 1 rings (SSSR count). The fourth-order valence-electron chi connectivity index (χ4n) is 0.528. The maximum atomic E-state index is 12.2. The molecule has 0 aromatic carbocycles. The molecule has 66 valence electrons. The summed E-state index contributed by atoms with van der Waals surface area (Å²) in [5.74, 6) is -0.120. The van der Waals surface area contributed by atoms with Crippen LogP contribution >= 0.6 is 0 Å². The number of hydrogen-bond donors (Lipinski definition) is 0. The van der Waals surface area contributed by atoms with E-state index in [1.54, 1.807) is 0 Å². The quantitative estimate of drug-likeness (QED) is 0.701. The van der Waals surface area contributed by atoms with E-state index in [0.717, 1.165) is 12.4 Å². The molecule has 0 aliphatic carbocycles. The van der Waals surface area contributed by atoms with Gasteiger partial charge in [-0.05, 0) is 0 Å². The molecule has 1 heterocycles. The van der Waals surface area contributed by atoms with Gasteiger partial charge in [0.05, 0.1) is 12.4 Å². The molecule has 0 spiro atoms. The zero-order valence-corrected chi connectivity index (χ0v) is 5.82. The average molecular weight is 178 g/mol. The van der Waals surface area contributed by atoms with Crippen molar-refractivity contribution in [3.8, 4) is 5.75 Å². The normalized spacial score (nSPS) is 13.0. The van der Waals surface area contributed by atoms with Gasteiger partial charge in [-0.1, -0.05) is 0 Å². The van der Waals surface area contributed by atoms with Crippen molar-refractivity contribution < 1.29 is 17.9 Å². The third kappa shape index (κ3) is 2.37. The van der Waals surface area contributed by atoms with Gasteiger partial charge in [-0.15, -0.1) is 0 Å². The van der Waals surface area contributed by atoms with E-state index in [-0.39, 0.29) is 5.75 Å². The number of ether oxygens (including phenoxy) is 1. The van der Waals surface area contributed by atoms with E-state index in [1.165, 1.54) is 6.33 Å². The van der Waals surface area contributed by atoms with E-state index in [0.29, 0.717) is 0 Å². The Bertz CT molecular complexity index is 231. The smallest absolute Gasteiger partial charge is 0.304 e. The molecule has 1 aromatic heterocycles. The van der Waals surface area contributed by atoms with Crippen LogP contribution in [0.3, 0.4) is 0 Å². The Labute approximate surface area is 66.2 Å². The van der Waals surface area contributed by atoms with Gasteiger partial charge in [-0.3, -0.25) is 0 Å². The lowest BCUT2D eigenvalue weighted by molar-refractivity contribution is -0.0672. The van der Waals surface area contributed by atoms with Crippen molar-refractivity contribution >= 4 is 0 Å². The van der Waals surface area contributed by atoms with Crippen LogP contribution in [0.1, 0.15) is 0 Å². The summed E-state index contributed by atoms with van der Waals surface area (Å²) in [4.78, 5) is 6.90. The predicted molar refractivity (Wildman–Crippen MR) is 33.6 cm³/mol. The first-order valence-electron chi connectivity index (χ1n) is 3.04. The maximum absolute atomic E-state index is 12.2. The molecular formula is C6H5F3N2O. The Morgan fingerprint density at radius 3 is 2.25 bits per heavy atom. The average Bonchev–Trinajstić information content (AvgIpc) is 2.06. The van der Waals surface area contributed by atoms with Crippen LogP contribution in [0.2, 0.25) is 0 Å². The molecule has 3 nitrogen and oxygen atoms in total. The van der Waals surface area contributed by atoms with Gasteiger partial charge in [-0.25, -0.2) is 18.7 Å². The van der Waals surface area contributed by atoms with Crippen molar-refractivity contribution in [2.24, 2.45) is 0 Å². The van der Waals surface area contributed by atoms with Crippen LogP contribution in [0.15, 0.2) is 18.7 Å². The van der Waals surface area contributed by atoms with E-state index >= 15 is 0 Å². The standard InChI is InChI=1S/C6H5F3N2O/c7-5(8)6(9)12-4-1-10-3-11-2-4/h1-3,5-6H. The molecule has 0 N–H and O–H groups in total. The molecule has 1 atom stereocenters. The van der Waals surface area contributed by atoms with Crippen molar-refractivity contribution in [1.82, 2.24) is 9.97 Å². The SMILES string of the molecule is FC(F)C(F)Oc1cncnc1. The lowest BCUT2D eigenvalue weighted by Gasteiger charge is -2.08. The minimum Gasteiger partial charge on any atom is -0.451 e. The maximum Gasteiger partial charge on any atom is 0.304 e. The monoisotopic (exact) mass is 178 g/mol. The summed E-state index contributed by atoms with van der Waals surface area (Å²) < 4.78 is 39.5. The van der Waals surface area contributed by atoms with Crippen LogP contribution in [0.4, 0.5) is 13.2 Å². The molecule has 0 aliphatic rings. The number of rotatable bonds is 3. The Morgan fingerprint density at radius 2 is 1.75 bits per heavy atom. The number of alkyl halides is 3. The van der Waals surface area contributed by atoms with E-state index in [2.05, 4.69) is 14.7 Å². The first-order chi connectivity index (χ1) is 5.70. The first kappa shape index (κ1) is 8.76. The fourth-order valence-corrected chi connectivity index (χ4v) is 0.528. The summed E-state index contributed by atoms with van der Waals surface area (Å²) >= 11 is 0. The van der Waals surface area contributed by atoms with Crippen LogP contribution in [0.25, 0.3) is 0 Å². The van der Waals surface area contributed by atoms with Gasteiger partial charge < -0.3 is 4.74 Å². The highest BCUT2D eigenvalue weighted by atomic mass is 19.3. The van der Waals surface area contributed by atoms with Crippen LogP contribution in [0.5, 0.6) is 5.75 Å². The molecule has 0 bridgehead atoms. The van der Waals surface area contributed by atoms with Gasteiger partial charge in [0.25, 0.3) is 6.36 Å². The highest BCUT2D eigenvalue weighted by molar-refractivity contribution is 5.10. The summed E-state index contributed by atoms with van der Waals surface area (Å²) in [5, 5.41) is 0. The Hall–Kier alpha value is -1.33. The second-order valence-corrected chi connectivity index (χ2v) is 1.88. The van der Waals surface area contributed by atoms with Gasteiger partial charge in [0.2, 0.25) is 0 Å². The molecule has 1 unspecified atom stereocenters. The molecule has 0 saturated carbocycles. The van der Waals surface area contributed by atoms with Gasteiger partial charge in [0, 0.05) is 0 Å². The van der Waals surface area contributed by atoms with Crippen LogP contribution in [-0.4, -0.2) is 22.8 Å². The minimum atomic E-state index is -3.16. The van der Waals surface area contributed by atoms with E-state index in [9.17, 15) is 13.2 Å². The van der Waals surface area contributed by atoms with E-state index < -0.39 is 12.8 Å². The number of nitrogens with zero attached hydrogens (tertiary/aromatic N) is 2. The minimum absolute atomic E-state index is 0.120. The lowest BCUT2D eigenvalue weighted by Crippen LogP contribution is -2.19. The third-order valence-corrected chi connectivity index (χ3v) is 0.984. The largest absolute Gasteiger partial charge is 0.451 e. The Morgan fingerprint density at radius 1 is 1.17 bits per heavy atom. The molecule has 6 heteroatoms. The van der Waals surface area contributed by atoms with Crippen LogP contribution in [0, 0.1) is 0 Å².